The molecule has 2 aromatic rings. The lowest BCUT2D eigenvalue weighted by Gasteiger charge is -2.24. The van der Waals surface area contributed by atoms with E-state index < -0.39 is 11.6 Å². The van der Waals surface area contributed by atoms with E-state index in [0.29, 0.717) is 19.6 Å². The van der Waals surface area contributed by atoms with Crippen molar-refractivity contribution in [3.63, 3.8) is 0 Å². The zero-order valence-corrected chi connectivity index (χ0v) is 13.2. The number of amides is 1. The highest BCUT2D eigenvalue weighted by Gasteiger charge is 2.17. The number of benzene rings is 1. The number of imidazole rings is 1. The van der Waals surface area contributed by atoms with E-state index in [1.54, 1.807) is 11.1 Å². The van der Waals surface area contributed by atoms with Gasteiger partial charge in [0.25, 0.3) is 0 Å². The van der Waals surface area contributed by atoms with Crippen molar-refractivity contribution < 1.29 is 13.6 Å². The van der Waals surface area contributed by atoms with Gasteiger partial charge in [0.05, 0.1) is 25.0 Å². The predicted molar refractivity (Wildman–Crippen MR) is 82.6 cm³/mol. The van der Waals surface area contributed by atoms with Gasteiger partial charge in [-0.1, -0.05) is 0 Å². The summed E-state index contributed by atoms with van der Waals surface area (Å²) in [6.07, 6.45) is 3.00. The molecule has 0 aliphatic heterocycles. The van der Waals surface area contributed by atoms with E-state index in [0.717, 1.165) is 23.9 Å². The van der Waals surface area contributed by atoms with Crippen molar-refractivity contribution in [2.75, 3.05) is 27.2 Å². The summed E-state index contributed by atoms with van der Waals surface area (Å²) in [6, 6.07) is 3.14. The molecule has 0 aliphatic carbocycles. The lowest BCUT2D eigenvalue weighted by molar-refractivity contribution is -0.131. The lowest BCUT2D eigenvalue weighted by Crippen LogP contribution is -2.37. The Balaban J connectivity index is 2.09. The van der Waals surface area contributed by atoms with Crippen molar-refractivity contribution >= 4 is 5.91 Å². The van der Waals surface area contributed by atoms with Gasteiger partial charge in [0.2, 0.25) is 5.91 Å². The fourth-order valence-corrected chi connectivity index (χ4v) is 2.14. The van der Waals surface area contributed by atoms with E-state index in [-0.39, 0.29) is 17.9 Å². The highest BCUT2D eigenvalue weighted by molar-refractivity contribution is 5.78. The molecule has 0 saturated heterocycles. The summed E-state index contributed by atoms with van der Waals surface area (Å²) < 4.78 is 27.0. The number of hydrogen-bond donors (Lipinski definition) is 1. The molecule has 2 rings (SSSR count). The number of carbonyl (C=O) groups excluding carboxylic acids is 1. The van der Waals surface area contributed by atoms with Crippen molar-refractivity contribution in [2.24, 2.45) is 0 Å². The molecule has 0 unspecified atom stereocenters. The zero-order valence-electron chi connectivity index (χ0n) is 13.2. The molecule has 23 heavy (non-hydrogen) atoms. The number of rotatable bonds is 7. The number of likely N-dealkylation sites (N-methyl/N-ethyl adjacent to an activating group) is 1. The number of nitrogens with zero attached hydrogens (tertiary/aromatic N) is 3. The van der Waals surface area contributed by atoms with Crippen molar-refractivity contribution in [1.29, 1.82) is 0 Å². The lowest BCUT2D eigenvalue weighted by atomic mass is 10.1. The van der Waals surface area contributed by atoms with Crippen LogP contribution in [0.5, 0.6) is 0 Å². The van der Waals surface area contributed by atoms with Gasteiger partial charge in [0.15, 0.2) is 0 Å². The summed E-state index contributed by atoms with van der Waals surface area (Å²) in [5.41, 5.74) is 0.853. The summed E-state index contributed by atoms with van der Waals surface area (Å²) >= 11 is 0. The van der Waals surface area contributed by atoms with Gasteiger partial charge in [-0.25, -0.2) is 13.8 Å². The molecule has 1 amide bonds. The first-order valence-electron chi connectivity index (χ1n) is 7.29. The minimum Gasteiger partial charge on any atom is -0.347 e. The molecule has 0 bridgehead atoms. The SMILES string of the molecule is CN(C)CCN(Cc1cnc[nH]1)C(=O)Cc1cc(F)ccc1F. The van der Waals surface area contributed by atoms with E-state index in [4.69, 9.17) is 0 Å². The van der Waals surface area contributed by atoms with Crippen LogP contribution in [0.1, 0.15) is 11.3 Å². The molecule has 7 heteroatoms. The van der Waals surface area contributed by atoms with E-state index in [9.17, 15) is 13.6 Å². The Hall–Kier alpha value is -2.28. The van der Waals surface area contributed by atoms with Crippen LogP contribution in [-0.2, 0) is 17.8 Å². The first kappa shape index (κ1) is 17.1. The highest BCUT2D eigenvalue weighted by Crippen LogP contribution is 2.12. The number of aromatic nitrogens is 2. The molecular weight excluding hydrogens is 302 g/mol. The Bertz CT molecular complexity index is 644. The summed E-state index contributed by atoms with van der Waals surface area (Å²) in [4.78, 5) is 22.9. The number of carbonyl (C=O) groups is 1. The van der Waals surface area contributed by atoms with Crippen molar-refractivity contribution in [1.82, 2.24) is 19.8 Å². The Morgan fingerprint density at radius 2 is 2.04 bits per heavy atom. The Labute approximate surface area is 133 Å². The van der Waals surface area contributed by atoms with Gasteiger partial charge in [-0.2, -0.15) is 0 Å². The first-order valence-corrected chi connectivity index (χ1v) is 7.29. The summed E-state index contributed by atoms with van der Waals surface area (Å²) in [5.74, 6) is -1.39. The van der Waals surface area contributed by atoms with Gasteiger partial charge >= 0.3 is 0 Å². The summed E-state index contributed by atoms with van der Waals surface area (Å²) in [6.45, 7) is 1.51. The fourth-order valence-electron chi connectivity index (χ4n) is 2.14. The second-order valence-corrected chi connectivity index (χ2v) is 5.61. The third kappa shape index (κ3) is 5.14. The largest absolute Gasteiger partial charge is 0.347 e. The molecule has 1 heterocycles. The maximum absolute atomic E-state index is 13.7. The van der Waals surface area contributed by atoms with Crippen LogP contribution in [0.4, 0.5) is 8.78 Å². The molecule has 0 fully saturated rings. The minimum absolute atomic E-state index is 0.0643. The van der Waals surface area contributed by atoms with E-state index in [1.165, 1.54) is 6.33 Å². The predicted octanol–water partition coefficient (Wildman–Crippen LogP) is 1.82. The first-order chi connectivity index (χ1) is 11.0. The topological polar surface area (TPSA) is 52.2 Å². The fraction of sp³-hybridized carbons (Fsp3) is 0.375. The third-order valence-corrected chi connectivity index (χ3v) is 3.44. The normalized spacial score (nSPS) is 11.0. The molecule has 0 atom stereocenters. The summed E-state index contributed by atoms with van der Waals surface area (Å²) in [7, 11) is 3.82. The van der Waals surface area contributed by atoms with Crippen molar-refractivity contribution in [3.8, 4) is 0 Å². The standard InChI is InChI=1S/C16H20F2N4O/c1-21(2)5-6-22(10-14-9-19-11-20-14)16(23)8-12-7-13(17)3-4-15(12)18/h3-4,7,9,11H,5-6,8,10H2,1-2H3,(H,19,20). The molecule has 0 aliphatic rings. The number of H-pyrrole nitrogens is 1. The Morgan fingerprint density at radius 3 is 2.70 bits per heavy atom. The van der Waals surface area contributed by atoms with Crippen molar-refractivity contribution in [2.45, 2.75) is 13.0 Å². The number of hydrogen-bond acceptors (Lipinski definition) is 3. The number of aromatic amines is 1. The molecule has 0 spiro atoms. The van der Waals surface area contributed by atoms with Crippen LogP contribution in [0, 0.1) is 11.6 Å². The van der Waals surface area contributed by atoms with Crippen LogP contribution >= 0.6 is 0 Å². The molecule has 0 saturated carbocycles. The van der Waals surface area contributed by atoms with E-state index in [2.05, 4.69) is 9.97 Å². The Kier molecular flexibility index (Phi) is 5.81. The van der Waals surface area contributed by atoms with Gasteiger partial charge in [-0.3, -0.25) is 4.79 Å². The van der Waals surface area contributed by atoms with E-state index in [1.807, 2.05) is 19.0 Å². The van der Waals surface area contributed by atoms with Crippen LogP contribution in [0.2, 0.25) is 0 Å². The molecule has 1 aromatic heterocycles. The second kappa shape index (κ2) is 7.82. The molecule has 5 nitrogen and oxygen atoms in total. The average molecular weight is 322 g/mol. The van der Waals surface area contributed by atoms with Crippen LogP contribution in [0.15, 0.2) is 30.7 Å². The molecule has 0 radical (unpaired) electrons. The number of nitrogens with one attached hydrogen (secondary N) is 1. The van der Waals surface area contributed by atoms with Crippen LogP contribution in [0.3, 0.4) is 0 Å². The molecular formula is C16H20F2N4O. The van der Waals surface area contributed by atoms with Gasteiger partial charge < -0.3 is 14.8 Å². The smallest absolute Gasteiger partial charge is 0.227 e. The minimum atomic E-state index is -0.575. The van der Waals surface area contributed by atoms with Crippen LogP contribution in [0.25, 0.3) is 0 Å². The average Bonchev–Trinajstić information content (AvgIpc) is 3.00. The summed E-state index contributed by atoms with van der Waals surface area (Å²) in [5, 5.41) is 0. The van der Waals surface area contributed by atoms with Crippen molar-refractivity contribution in [3.05, 3.63) is 53.6 Å². The monoisotopic (exact) mass is 322 g/mol. The van der Waals surface area contributed by atoms with Gasteiger partial charge in [0, 0.05) is 24.8 Å². The maximum Gasteiger partial charge on any atom is 0.227 e. The van der Waals surface area contributed by atoms with Crippen LogP contribution in [-0.4, -0.2) is 52.9 Å². The second-order valence-electron chi connectivity index (χ2n) is 5.61. The van der Waals surface area contributed by atoms with Crippen LogP contribution < -0.4 is 0 Å². The van der Waals surface area contributed by atoms with Gasteiger partial charge in [-0.15, -0.1) is 0 Å². The highest BCUT2D eigenvalue weighted by atomic mass is 19.1. The van der Waals surface area contributed by atoms with Gasteiger partial charge in [-0.05, 0) is 32.3 Å². The third-order valence-electron chi connectivity index (χ3n) is 3.44. The zero-order chi connectivity index (χ0) is 16.8. The molecule has 124 valence electrons. The Morgan fingerprint density at radius 1 is 1.26 bits per heavy atom. The van der Waals surface area contributed by atoms with E-state index >= 15 is 0 Å². The molecule has 1 N–H and O–H groups in total. The van der Waals surface area contributed by atoms with Gasteiger partial charge in [0.1, 0.15) is 11.6 Å². The maximum atomic E-state index is 13.7. The number of halogens is 2. The molecule has 1 aromatic carbocycles. The quantitative estimate of drug-likeness (QED) is 0.846.